The Morgan fingerprint density at radius 1 is 0.970 bits per heavy atom. The van der Waals surface area contributed by atoms with Gasteiger partial charge in [0.25, 0.3) is 0 Å². The van der Waals surface area contributed by atoms with Gasteiger partial charge in [0.15, 0.2) is 10.6 Å². The van der Waals surface area contributed by atoms with Crippen molar-refractivity contribution in [1.82, 2.24) is 20.1 Å². The summed E-state index contributed by atoms with van der Waals surface area (Å²) in [6.07, 6.45) is 0. The average molecular weight is 459 g/mol. The molecule has 0 bridgehead atoms. The van der Waals surface area contributed by atoms with Gasteiger partial charge in [0.1, 0.15) is 6.54 Å². The van der Waals surface area contributed by atoms with E-state index in [2.05, 4.69) is 15.5 Å². The van der Waals surface area contributed by atoms with Crippen molar-refractivity contribution in [2.24, 2.45) is 0 Å². The van der Waals surface area contributed by atoms with E-state index < -0.39 is 0 Å². The lowest BCUT2D eigenvalue weighted by atomic mass is 10.1. The van der Waals surface area contributed by atoms with Crippen LogP contribution in [-0.4, -0.2) is 20.7 Å². The normalized spacial score (nSPS) is 10.8. The number of amides is 1. The molecule has 0 spiro atoms. The van der Waals surface area contributed by atoms with Crippen LogP contribution in [0.1, 0.15) is 22.3 Å². The smallest absolute Gasteiger partial charge is 0.240 e. The van der Waals surface area contributed by atoms with Crippen LogP contribution in [0.15, 0.2) is 78.9 Å². The molecule has 0 unspecified atom stereocenters. The van der Waals surface area contributed by atoms with Crippen molar-refractivity contribution in [1.29, 1.82) is 0 Å². The van der Waals surface area contributed by atoms with Crippen LogP contribution in [0.4, 0.5) is 0 Å². The number of hydrogen-bond acceptors (Lipinski definition) is 4. The first-order chi connectivity index (χ1) is 16.1. The molecular weight excluding hydrogens is 432 g/mol. The second kappa shape index (κ2) is 10.8. The van der Waals surface area contributed by atoms with Crippen molar-refractivity contribution in [3.8, 4) is 11.4 Å². The number of hydrogen-bond donors (Lipinski definition) is 2. The number of aromatic nitrogens is 3. The molecule has 4 aromatic rings. The molecule has 7 heteroatoms. The zero-order valence-electron chi connectivity index (χ0n) is 18.5. The Kier molecular flexibility index (Phi) is 7.44. The maximum atomic E-state index is 12.7. The Morgan fingerprint density at radius 2 is 1.67 bits per heavy atom. The standard InChI is InChI=1S/C26H26N4O2S/c1-19-11-13-21(14-12-19)25-28-29-26(33)30(25)16-24(31)27-15-22-9-5-6-10-23(22)18-32-17-20-7-3-2-4-8-20/h2-14H,15-18H2,1H3,(H,27,31)(H,29,33). The van der Waals surface area contributed by atoms with E-state index in [4.69, 9.17) is 17.0 Å². The fraction of sp³-hybridized carbons (Fsp3) is 0.192. The Hall–Kier alpha value is -3.55. The van der Waals surface area contributed by atoms with E-state index >= 15 is 0 Å². The second-order valence-corrected chi connectivity index (χ2v) is 8.22. The highest BCUT2D eigenvalue weighted by atomic mass is 32.1. The van der Waals surface area contributed by atoms with Crippen LogP contribution < -0.4 is 5.32 Å². The van der Waals surface area contributed by atoms with E-state index in [-0.39, 0.29) is 12.5 Å². The van der Waals surface area contributed by atoms with E-state index in [0.29, 0.717) is 30.4 Å². The minimum absolute atomic E-state index is 0.0885. The minimum Gasteiger partial charge on any atom is -0.372 e. The van der Waals surface area contributed by atoms with E-state index in [9.17, 15) is 4.79 Å². The highest BCUT2D eigenvalue weighted by Crippen LogP contribution is 2.18. The van der Waals surface area contributed by atoms with Crippen LogP contribution in [0.3, 0.4) is 0 Å². The number of aromatic amines is 1. The third-order valence-electron chi connectivity index (χ3n) is 5.33. The molecule has 1 aromatic heterocycles. The first-order valence-corrected chi connectivity index (χ1v) is 11.2. The van der Waals surface area contributed by atoms with Gasteiger partial charge < -0.3 is 10.1 Å². The molecule has 0 radical (unpaired) electrons. The SMILES string of the molecule is Cc1ccc(-c2n[nH]c(=S)n2CC(=O)NCc2ccccc2COCc2ccccc2)cc1. The number of benzene rings is 3. The fourth-order valence-corrected chi connectivity index (χ4v) is 3.70. The van der Waals surface area contributed by atoms with Gasteiger partial charge >= 0.3 is 0 Å². The summed E-state index contributed by atoms with van der Waals surface area (Å²) in [6.45, 7) is 3.55. The van der Waals surface area contributed by atoms with Gasteiger partial charge in [0.05, 0.1) is 13.2 Å². The van der Waals surface area contributed by atoms with E-state index in [1.54, 1.807) is 4.57 Å². The van der Waals surface area contributed by atoms with Crippen molar-refractivity contribution in [2.75, 3.05) is 0 Å². The van der Waals surface area contributed by atoms with Gasteiger partial charge in [-0.1, -0.05) is 84.4 Å². The lowest BCUT2D eigenvalue weighted by molar-refractivity contribution is -0.121. The zero-order valence-corrected chi connectivity index (χ0v) is 19.3. The molecule has 0 aliphatic rings. The van der Waals surface area contributed by atoms with Gasteiger partial charge in [-0.2, -0.15) is 5.10 Å². The molecule has 4 rings (SSSR count). The molecule has 0 saturated heterocycles. The molecule has 6 nitrogen and oxygen atoms in total. The van der Waals surface area contributed by atoms with Gasteiger partial charge in [-0.05, 0) is 35.8 Å². The third kappa shape index (κ3) is 6.03. The summed E-state index contributed by atoms with van der Waals surface area (Å²) in [7, 11) is 0. The molecule has 168 valence electrons. The quantitative estimate of drug-likeness (QED) is 0.348. The largest absolute Gasteiger partial charge is 0.372 e. The summed E-state index contributed by atoms with van der Waals surface area (Å²) >= 11 is 5.35. The number of carbonyl (C=O) groups excluding carboxylic acids is 1. The van der Waals surface area contributed by atoms with Gasteiger partial charge in [0, 0.05) is 12.1 Å². The molecule has 0 saturated carbocycles. The van der Waals surface area contributed by atoms with Gasteiger partial charge in [-0.15, -0.1) is 0 Å². The number of nitrogens with one attached hydrogen (secondary N) is 2. The zero-order chi connectivity index (χ0) is 23.0. The molecule has 33 heavy (non-hydrogen) atoms. The van der Waals surface area contributed by atoms with E-state index in [1.807, 2.05) is 85.8 Å². The molecule has 1 heterocycles. The molecule has 0 aliphatic heterocycles. The minimum atomic E-state index is -0.138. The predicted octanol–water partition coefficient (Wildman–Crippen LogP) is 4.95. The van der Waals surface area contributed by atoms with E-state index in [0.717, 1.165) is 27.8 Å². The van der Waals surface area contributed by atoms with Crippen LogP contribution in [0.25, 0.3) is 11.4 Å². The lowest BCUT2D eigenvalue weighted by Gasteiger charge is -2.12. The molecule has 1 amide bonds. The van der Waals surface area contributed by atoms with E-state index in [1.165, 1.54) is 0 Å². The molecule has 0 atom stereocenters. The first-order valence-electron chi connectivity index (χ1n) is 10.8. The van der Waals surface area contributed by atoms with Crippen LogP contribution in [-0.2, 0) is 35.8 Å². The Bertz CT molecular complexity index is 1260. The number of nitrogens with zero attached hydrogens (tertiary/aromatic N) is 2. The molecule has 0 aliphatic carbocycles. The van der Waals surface area contributed by atoms with Crippen LogP contribution >= 0.6 is 12.2 Å². The second-order valence-electron chi connectivity index (χ2n) is 7.83. The fourth-order valence-electron chi connectivity index (χ4n) is 3.50. The highest BCUT2D eigenvalue weighted by Gasteiger charge is 2.13. The number of ether oxygens (including phenoxy) is 1. The van der Waals surface area contributed by atoms with Crippen molar-refractivity contribution in [3.05, 3.63) is 106 Å². The van der Waals surface area contributed by atoms with Crippen LogP contribution in [0.2, 0.25) is 0 Å². The number of aryl methyl sites for hydroxylation is 1. The number of rotatable bonds is 9. The monoisotopic (exact) mass is 458 g/mol. The average Bonchev–Trinajstić information content (AvgIpc) is 3.19. The number of H-pyrrole nitrogens is 1. The van der Waals surface area contributed by atoms with Gasteiger partial charge in [-0.3, -0.25) is 14.5 Å². The molecule has 2 N–H and O–H groups in total. The van der Waals surface area contributed by atoms with Gasteiger partial charge in [0.2, 0.25) is 5.91 Å². The maximum absolute atomic E-state index is 12.7. The summed E-state index contributed by atoms with van der Waals surface area (Å²) in [5.41, 5.74) is 5.26. The van der Waals surface area contributed by atoms with Crippen LogP contribution in [0, 0.1) is 11.7 Å². The van der Waals surface area contributed by atoms with Gasteiger partial charge in [-0.25, -0.2) is 0 Å². The molecular formula is C26H26N4O2S. The molecule has 3 aromatic carbocycles. The van der Waals surface area contributed by atoms with Crippen molar-refractivity contribution in [3.63, 3.8) is 0 Å². The third-order valence-corrected chi connectivity index (χ3v) is 5.64. The van der Waals surface area contributed by atoms with Crippen molar-refractivity contribution in [2.45, 2.75) is 33.2 Å². The topological polar surface area (TPSA) is 71.9 Å². The first kappa shape index (κ1) is 22.6. The Morgan fingerprint density at radius 3 is 2.42 bits per heavy atom. The lowest BCUT2D eigenvalue weighted by Crippen LogP contribution is -2.28. The van der Waals surface area contributed by atoms with Crippen molar-refractivity contribution >= 4 is 18.1 Å². The summed E-state index contributed by atoms with van der Waals surface area (Å²) < 4.78 is 8.01. The highest BCUT2D eigenvalue weighted by molar-refractivity contribution is 7.71. The Balaban J connectivity index is 1.37. The predicted molar refractivity (Wildman–Crippen MR) is 131 cm³/mol. The summed E-state index contributed by atoms with van der Waals surface area (Å²) in [6, 6.07) is 26.0. The Labute approximate surface area is 198 Å². The molecule has 0 fully saturated rings. The maximum Gasteiger partial charge on any atom is 0.240 e. The van der Waals surface area contributed by atoms with Crippen molar-refractivity contribution < 1.29 is 9.53 Å². The summed E-state index contributed by atoms with van der Waals surface area (Å²) in [5.74, 6) is 0.505. The van der Waals surface area contributed by atoms with Crippen LogP contribution in [0.5, 0.6) is 0 Å². The summed E-state index contributed by atoms with van der Waals surface area (Å²) in [5, 5.41) is 10.1. The summed E-state index contributed by atoms with van der Waals surface area (Å²) in [4.78, 5) is 12.7. The number of carbonyl (C=O) groups is 1.